The first-order valence-electron chi connectivity index (χ1n) is 6.38. The van der Waals surface area contributed by atoms with Crippen molar-refractivity contribution in [1.82, 2.24) is 15.1 Å². The first kappa shape index (κ1) is 15.8. The molecule has 1 aromatic heterocycles. The lowest BCUT2D eigenvalue weighted by Crippen LogP contribution is -2.15. The van der Waals surface area contributed by atoms with Crippen molar-refractivity contribution in [2.45, 2.75) is 18.4 Å². The lowest BCUT2D eigenvalue weighted by Gasteiger charge is -2.08. The molecule has 2 N–H and O–H groups in total. The van der Waals surface area contributed by atoms with Gasteiger partial charge in [-0.15, -0.1) is 0 Å². The van der Waals surface area contributed by atoms with E-state index in [9.17, 15) is 8.42 Å². The van der Waals surface area contributed by atoms with Crippen LogP contribution in [0.15, 0.2) is 35.5 Å². The van der Waals surface area contributed by atoms with Crippen molar-refractivity contribution < 1.29 is 8.42 Å². The van der Waals surface area contributed by atoms with Crippen LogP contribution in [0.25, 0.3) is 0 Å². The van der Waals surface area contributed by atoms with E-state index in [-0.39, 0.29) is 4.90 Å². The van der Waals surface area contributed by atoms with Crippen LogP contribution in [0.4, 0.5) is 5.69 Å². The van der Waals surface area contributed by atoms with Gasteiger partial charge < -0.3 is 5.32 Å². The maximum Gasteiger partial charge on any atom is 0.265 e. The number of nitrogens with one attached hydrogen (secondary N) is 2. The molecule has 0 aliphatic rings. The standard InChI is InChI=1S/C13H17ClN4O2S/c1-10-3-4-13(12(14)7-10)17-21(19,20)11-8-16-18(9-11)6-5-15-2/h3-4,7-9,15,17H,5-6H2,1-2H3. The summed E-state index contributed by atoms with van der Waals surface area (Å²) < 4.78 is 28.6. The monoisotopic (exact) mass is 328 g/mol. The van der Waals surface area contributed by atoms with Gasteiger partial charge in [-0.05, 0) is 31.7 Å². The second-order valence-electron chi connectivity index (χ2n) is 4.63. The van der Waals surface area contributed by atoms with Crippen molar-refractivity contribution in [1.29, 1.82) is 0 Å². The van der Waals surface area contributed by atoms with E-state index in [1.165, 1.54) is 12.4 Å². The average Bonchev–Trinajstić information content (AvgIpc) is 2.89. The highest BCUT2D eigenvalue weighted by Crippen LogP contribution is 2.25. The predicted octanol–water partition coefficient (Wildman–Crippen LogP) is 1.87. The third-order valence-electron chi connectivity index (χ3n) is 2.88. The highest BCUT2D eigenvalue weighted by Gasteiger charge is 2.18. The van der Waals surface area contributed by atoms with Crippen molar-refractivity contribution in [3.63, 3.8) is 0 Å². The van der Waals surface area contributed by atoms with E-state index < -0.39 is 10.0 Å². The minimum Gasteiger partial charge on any atom is -0.318 e. The molecule has 1 heterocycles. The fraction of sp³-hybridized carbons (Fsp3) is 0.308. The Morgan fingerprint density at radius 2 is 2.14 bits per heavy atom. The van der Waals surface area contributed by atoms with Gasteiger partial charge in [0.2, 0.25) is 0 Å². The van der Waals surface area contributed by atoms with Crippen molar-refractivity contribution in [2.24, 2.45) is 0 Å². The minimum atomic E-state index is -3.69. The van der Waals surface area contributed by atoms with Gasteiger partial charge in [-0.25, -0.2) is 8.42 Å². The Morgan fingerprint density at radius 1 is 1.38 bits per heavy atom. The molecule has 0 saturated carbocycles. The number of benzene rings is 1. The molecule has 0 spiro atoms. The number of aryl methyl sites for hydroxylation is 1. The summed E-state index contributed by atoms with van der Waals surface area (Å²) in [7, 11) is -1.87. The summed E-state index contributed by atoms with van der Waals surface area (Å²) in [4.78, 5) is 0.107. The molecule has 0 atom stereocenters. The quantitative estimate of drug-likeness (QED) is 0.848. The van der Waals surface area contributed by atoms with Crippen molar-refractivity contribution >= 4 is 27.3 Å². The van der Waals surface area contributed by atoms with Gasteiger partial charge in [-0.1, -0.05) is 17.7 Å². The van der Waals surface area contributed by atoms with Gasteiger partial charge in [0.25, 0.3) is 10.0 Å². The molecule has 6 nitrogen and oxygen atoms in total. The molecule has 1 aromatic carbocycles. The SMILES string of the molecule is CNCCn1cc(S(=O)(=O)Nc2ccc(C)cc2Cl)cn1. The van der Waals surface area contributed by atoms with E-state index in [4.69, 9.17) is 11.6 Å². The Balaban J connectivity index is 2.19. The van der Waals surface area contributed by atoms with Gasteiger partial charge in [0.1, 0.15) is 4.90 Å². The lowest BCUT2D eigenvalue weighted by atomic mass is 10.2. The highest BCUT2D eigenvalue weighted by molar-refractivity contribution is 7.92. The van der Waals surface area contributed by atoms with E-state index in [1.54, 1.807) is 22.9 Å². The molecule has 0 amide bonds. The molecule has 0 fully saturated rings. The fourth-order valence-corrected chi connectivity index (χ4v) is 3.11. The fourth-order valence-electron chi connectivity index (χ4n) is 1.74. The summed E-state index contributed by atoms with van der Waals surface area (Å²) >= 11 is 6.04. The Morgan fingerprint density at radius 3 is 2.81 bits per heavy atom. The minimum absolute atomic E-state index is 0.107. The Kier molecular flexibility index (Phi) is 4.87. The Labute approximate surface area is 129 Å². The number of aromatic nitrogens is 2. The van der Waals surface area contributed by atoms with Gasteiger partial charge in [0, 0.05) is 12.7 Å². The molecule has 21 heavy (non-hydrogen) atoms. The molecule has 0 saturated heterocycles. The van der Waals surface area contributed by atoms with Crippen LogP contribution in [0, 0.1) is 6.92 Å². The van der Waals surface area contributed by atoms with Gasteiger partial charge >= 0.3 is 0 Å². The topological polar surface area (TPSA) is 76.0 Å². The van der Waals surface area contributed by atoms with Crippen molar-refractivity contribution in [2.75, 3.05) is 18.3 Å². The maximum atomic E-state index is 12.3. The number of halogens is 1. The van der Waals surface area contributed by atoms with E-state index in [1.807, 2.05) is 14.0 Å². The van der Waals surface area contributed by atoms with Crippen LogP contribution in [-0.4, -0.2) is 31.8 Å². The number of hydrogen-bond acceptors (Lipinski definition) is 4. The zero-order valence-corrected chi connectivity index (χ0v) is 13.4. The van der Waals surface area contributed by atoms with Crippen LogP contribution >= 0.6 is 11.6 Å². The third-order valence-corrected chi connectivity index (χ3v) is 4.51. The van der Waals surface area contributed by atoms with Crippen molar-refractivity contribution in [3.8, 4) is 0 Å². The summed E-state index contributed by atoms with van der Waals surface area (Å²) in [5.74, 6) is 0. The first-order chi connectivity index (χ1) is 9.92. The second-order valence-corrected chi connectivity index (χ2v) is 6.72. The number of anilines is 1. The average molecular weight is 329 g/mol. The number of nitrogens with zero attached hydrogens (tertiary/aromatic N) is 2. The molecule has 0 aliphatic heterocycles. The van der Waals surface area contributed by atoms with E-state index in [0.717, 1.165) is 5.56 Å². The first-order valence-corrected chi connectivity index (χ1v) is 8.24. The van der Waals surface area contributed by atoms with E-state index in [2.05, 4.69) is 15.1 Å². The predicted molar refractivity (Wildman–Crippen MR) is 83.2 cm³/mol. The van der Waals surface area contributed by atoms with Gasteiger partial charge in [0.15, 0.2) is 0 Å². The van der Waals surface area contributed by atoms with Crippen LogP contribution in [-0.2, 0) is 16.6 Å². The summed E-state index contributed by atoms with van der Waals surface area (Å²) in [5.41, 5.74) is 1.31. The van der Waals surface area contributed by atoms with Crippen LogP contribution < -0.4 is 10.0 Å². The Hall–Kier alpha value is -1.57. The third kappa shape index (κ3) is 3.96. The van der Waals surface area contributed by atoms with Gasteiger partial charge in [-0.2, -0.15) is 5.10 Å². The number of hydrogen-bond donors (Lipinski definition) is 2. The molecule has 0 radical (unpaired) electrons. The summed E-state index contributed by atoms with van der Waals surface area (Å²) in [6.45, 7) is 3.19. The van der Waals surface area contributed by atoms with Crippen LogP contribution in [0.1, 0.15) is 5.56 Å². The Bertz CT molecular complexity index is 728. The number of rotatable bonds is 6. The van der Waals surface area contributed by atoms with Gasteiger partial charge in [-0.3, -0.25) is 9.40 Å². The van der Waals surface area contributed by atoms with Crippen molar-refractivity contribution in [3.05, 3.63) is 41.2 Å². The normalized spacial score (nSPS) is 11.6. The van der Waals surface area contributed by atoms with E-state index >= 15 is 0 Å². The molecular weight excluding hydrogens is 312 g/mol. The summed E-state index contributed by atoms with van der Waals surface area (Å²) in [6.07, 6.45) is 2.81. The molecule has 8 heteroatoms. The largest absolute Gasteiger partial charge is 0.318 e. The zero-order valence-electron chi connectivity index (χ0n) is 11.8. The zero-order chi connectivity index (χ0) is 15.5. The van der Waals surface area contributed by atoms with Crippen LogP contribution in [0.5, 0.6) is 0 Å². The molecule has 114 valence electrons. The number of likely N-dealkylation sites (N-methyl/N-ethyl adjacent to an activating group) is 1. The second kappa shape index (κ2) is 6.46. The lowest BCUT2D eigenvalue weighted by molar-refractivity contribution is 0.582. The van der Waals surface area contributed by atoms with Crippen LogP contribution in [0.2, 0.25) is 5.02 Å². The maximum absolute atomic E-state index is 12.3. The van der Waals surface area contributed by atoms with Crippen LogP contribution in [0.3, 0.4) is 0 Å². The summed E-state index contributed by atoms with van der Waals surface area (Å²) in [5, 5.41) is 7.36. The van der Waals surface area contributed by atoms with Gasteiger partial charge in [0.05, 0.1) is 23.5 Å². The molecule has 2 aromatic rings. The molecule has 2 rings (SSSR count). The van der Waals surface area contributed by atoms with E-state index in [0.29, 0.717) is 23.8 Å². The molecule has 0 aliphatic carbocycles. The molecule has 0 bridgehead atoms. The summed E-state index contributed by atoms with van der Waals surface area (Å²) in [6, 6.07) is 5.14. The molecule has 0 unspecified atom stereocenters. The smallest absolute Gasteiger partial charge is 0.265 e. The molecular formula is C13H17ClN4O2S. The number of sulfonamides is 1. The highest BCUT2D eigenvalue weighted by atomic mass is 35.5.